The summed E-state index contributed by atoms with van der Waals surface area (Å²) in [6, 6.07) is 10.6. The lowest BCUT2D eigenvalue weighted by Gasteiger charge is -2.11. The lowest BCUT2D eigenvalue weighted by Crippen LogP contribution is -2.83. The molecule has 2 N–H and O–H groups in total. The number of methoxy groups -OCH3 is 2. The molecular weight excluding hydrogens is 349 g/mol. The average Bonchev–Trinajstić information content (AvgIpc) is 2.53. The molecule has 3 nitrogen and oxygen atoms in total. The number of halogens is 2. The SMILES string of the molecule is COc1cc(OC)c(C[NH2+]CCc2ccc(F)cc2)cc1Br. The second-order valence-corrected chi connectivity index (χ2v) is 5.81. The molecule has 0 unspecified atom stereocenters. The summed E-state index contributed by atoms with van der Waals surface area (Å²) in [4.78, 5) is 0. The molecule has 2 aromatic carbocycles. The maximum absolute atomic E-state index is 12.8. The monoisotopic (exact) mass is 368 g/mol. The highest BCUT2D eigenvalue weighted by Crippen LogP contribution is 2.32. The fourth-order valence-corrected chi connectivity index (χ4v) is 2.81. The van der Waals surface area contributed by atoms with Gasteiger partial charge >= 0.3 is 0 Å². The van der Waals surface area contributed by atoms with Gasteiger partial charge in [-0.05, 0) is 39.7 Å². The number of hydrogen-bond donors (Lipinski definition) is 1. The Labute approximate surface area is 138 Å². The van der Waals surface area contributed by atoms with E-state index in [9.17, 15) is 4.39 Å². The van der Waals surface area contributed by atoms with Crippen molar-refractivity contribution >= 4 is 15.9 Å². The molecule has 118 valence electrons. The molecule has 0 bridgehead atoms. The number of ether oxygens (including phenoxy) is 2. The lowest BCUT2D eigenvalue weighted by molar-refractivity contribution is -0.670. The number of quaternary nitrogens is 1. The Kier molecular flexibility index (Phi) is 6.21. The molecule has 0 amide bonds. The van der Waals surface area contributed by atoms with E-state index in [0.29, 0.717) is 0 Å². The summed E-state index contributed by atoms with van der Waals surface area (Å²) >= 11 is 3.49. The quantitative estimate of drug-likeness (QED) is 0.762. The van der Waals surface area contributed by atoms with Crippen molar-refractivity contribution in [3.05, 3.63) is 57.8 Å². The zero-order chi connectivity index (χ0) is 15.9. The van der Waals surface area contributed by atoms with E-state index in [1.165, 1.54) is 12.1 Å². The van der Waals surface area contributed by atoms with Gasteiger partial charge in [0.1, 0.15) is 23.9 Å². The number of rotatable bonds is 7. The molecule has 0 fully saturated rings. The number of nitrogens with two attached hydrogens (primary N) is 1. The van der Waals surface area contributed by atoms with Crippen molar-refractivity contribution in [1.82, 2.24) is 0 Å². The van der Waals surface area contributed by atoms with Crippen molar-refractivity contribution in [2.75, 3.05) is 20.8 Å². The Hall–Kier alpha value is -1.59. The zero-order valence-electron chi connectivity index (χ0n) is 12.7. The van der Waals surface area contributed by atoms with Gasteiger partial charge in [-0.15, -0.1) is 0 Å². The largest absolute Gasteiger partial charge is 0.496 e. The summed E-state index contributed by atoms with van der Waals surface area (Å²) < 4.78 is 24.4. The Morgan fingerprint density at radius 2 is 1.73 bits per heavy atom. The van der Waals surface area contributed by atoms with Crippen LogP contribution in [0.5, 0.6) is 11.5 Å². The number of benzene rings is 2. The fourth-order valence-electron chi connectivity index (χ4n) is 2.26. The van der Waals surface area contributed by atoms with E-state index in [-0.39, 0.29) is 5.82 Å². The predicted octanol–water partition coefficient (Wildman–Crippen LogP) is 2.91. The van der Waals surface area contributed by atoms with Crippen LogP contribution in [0.25, 0.3) is 0 Å². The molecule has 0 aromatic heterocycles. The van der Waals surface area contributed by atoms with Crippen molar-refractivity contribution in [3.63, 3.8) is 0 Å². The molecule has 0 spiro atoms. The third kappa shape index (κ3) is 4.45. The van der Waals surface area contributed by atoms with Crippen LogP contribution in [0, 0.1) is 5.82 Å². The van der Waals surface area contributed by atoms with Crippen molar-refractivity contribution in [2.45, 2.75) is 13.0 Å². The van der Waals surface area contributed by atoms with Crippen LogP contribution in [0.15, 0.2) is 40.9 Å². The molecule has 5 heteroatoms. The van der Waals surface area contributed by atoms with Crippen LogP contribution < -0.4 is 14.8 Å². The van der Waals surface area contributed by atoms with Crippen LogP contribution >= 0.6 is 15.9 Å². The molecule has 0 aliphatic carbocycles. The van der Waals surface area contributed by atoms with E-state index in [1.807, 2.05) is 24.3 Å². The summed E-state index contributed by atoms with van der Waals surface area (Å²) in [5, 5.41) is 2.21. The maximum Gasteiger partial charge on any atom is 0.136 e. The molecule has 0 heterocycles. The first-order valence-corrected chi connectivity index (χ1v) is 7.90. The van der Waals surface area contributed by atoms with Crippen LogP contribution in [0.3, 0.4) is 0 Å². The Balaban J connectivity index is 1.91. The first kappa shape index (κ1) is 16.8. The van der Waals surface area contributed by atoms with E-state index < -0.39 is 0 Å². The summed E-state index contributed by atoms with van der Waals surface area (Å²) in [6.07, 6.45) is 0.903. The van der Waals surface area contributed by atoms with Crippen LogP contribution in [-0.4, -0.2) is 20.8 Å². The Bertz CT molecular complexity index is 617. The Morgan fingerprint density at radius 1 is 1.05 bits per heavy atom. The minimum absolute atomic E-state index is 0.194. The second kappa shape index (κ2) is 8.15. The minimum atomic E-state index is -0.194. The average molecular weight is 369 g/mol. The molecule has 2 aromatic rings. The van der Waals surface area contributed by atoms with E-state index in [1.54, 1.807) is 14.2 Å². The zero-order valence-corrected chi connectivity index (χ0v) is 14.3. The topological polar surface area (TPSA) is 35.1 Å². The van der Waals surface area contributed by atoms with E-state index >= 15 is 0 Å². The van der Waals surface area contributed by atoms with Crippen LogP contribution in [0.4, 0.5) is 4.39 Å². The molecule has 0 radical (unpaired) electrons. The van der Waals surface area contributed by atoms with Gasteiger partial charge in [0.15, 0.2) is 0 Å². The van der Waals surface area contributed by atoms with Crippen LogP contribution in [-0.2, 0) is 13.0 Å². The molecule has 22 heavy (non-hydrogen) atoms. The van der Waals surface area contributed by atoms with Gasteiger partial charge in [0.2, 0.25) is 0 Å². The highest BCUT2D eigenvalue weighted by molar-refractivity contribution is 9.10. The molecule has 0 saturated carbocycles. The minimum Gasteiger partial charge on any atom is -0.496 e. The predicted molar refractivity (Wildman–Crippen MR) is 87.8 cm³/mol. The number of hydrogen-bond acceptors (Lipinski definition) is 2. The third-order valence-electron chi connectivity index (χ3n) is 3.47. The van der Waals surface area contributed by atoms with Crippen molar-refractivity contribution in [3.8, 4) is 11.5 Å². The smallest absolute Gasteiger partial charge is 0.136 e. The van der Waals surface area contributed by atoms with Gasteiger partial charge in [-0.1, -0.05) is 12.1 Å². The normalized spacial score (nSPS) is 10.5. The van der Waals surface area contributed by atoms with Crippen LogP contribution in [0.2, 0.25) is 0 Å². The summed E-state index contributed by atoms with van der Waals surface area (Å²) in [7, 11) is 3.29. The van der Waals surface area contributed by atoms with Crippen molar-refractivity contribution in [2.24, 2.45) is 0 Å². The van der Waals surface area contributed by atoms with Gasteiger partial charge in [0.05, 0.1) is 25.2 Å². The van der Waals surface area contributed by atoms with E-state index in [2.05, 4.69) is 21.2 Å². The summed E-state index contributed by atoms with van der Waals surface area (Å²) in [5.41, 5.74) is 2.25. The van der Waals surface area contributed by atoms with Gasteiger partial charge in [-0.3, -0.25) is 0 Å². The van der Waals surface area contributed by atoms with E-state index in [4.69, 9.17) is 9.47 Å². The van der Waals surface area contributed by atoms with Crippen molar-refractivity contribution in [1.29, 1.82) is 0 Å². The van der Waals surface area contributed by atoms with Crippen molar-refractivity contribution < 1.29 is 19.2 Å². The highest BCUT2D eigenvalue weighted by Gasteiger charge is 2.10. The standard InChI is InChI=1S/C17H19BrFNO2/c1-21-16-10-17(22-2)15(18)9-13(16)11-20-8-7-12-3-5-14(19)6-4-12/h3-6,9-10,20H,7-8,11H2,1-2H3/p+1. The lowest BCUT2D eigenvalue weighted by atomic mass is 10.1. The fraction of sp³-hybridized carbons (Fsp3) is 0.294. The second-order valence-electron chi connectivity index (χ2n) is 4.96. The van der Waals surface area contributed by atoms with Gasteiger partial charge in [0.25, 0.3) is 0 Å². The molecule has 2 rings (SSSR count). The first-order chi connectivity index (χ1) is 10.6. The van der Waals surface area contributed by atoms with Crippen LogP contribution in [0.1, 0.15) is 11.1 Å². The highest BCUT2D eigenvalue weighted by atomic mass is 79.9. The molecule has 0 aliphatic heterocycles. The Morgan fingerprint density at radius 3 is 2.36 bits per heavy atom. The molecular formula is C17H20BrFNO2+. The maximum atomic E-state index is 12.8. The first-order valence-electron chi connectivity index (χ1n) is 7.10. The van der Waals surface area contributed by atoms with Gasteiger partial charge in [-0.2, -0.15) is 0 Å². The molecule has 0 saturated heterocycles. The summed E-state index contributed by atoms with van der Waals surface area (Å²) in [6.45, 7) is 1.74. The van der Waals surface area contributed by atoms with E-state index in [0.717, 1.165) is 46.6 Å². The molecule has 0 aliphatic rings. The third-order valence-corrected chi connectivity index (χ3v) is 4.09. The van der Waals surface area contributed by atoms with Gasteiger partial charge in [-0.25, -0.2) is 4.39 Å². The van der Waals surface area contributed by atoms with Gasteiger partial charge in [0, 0.05) is 18.1 Å². The molecule has 0 atom stereocenters. The summed E-state index contributed by atoms with van der Waals surface area (Å²) in [5.74, 6) is 1.38. The van der Waals surface area contributed by atoms with Gasteiger partial charge < -0.3 is 14.8 Å².